The number of carbonyl (C=O) groups is 1. The van der Waals surface area contributed by atoms with Crippen LogP contribution in [-0.4, -0.2) is 39.8 Å². The molecular weight excluding hydrogens is 280 g/mol. The Hall–Kier alpha value is -1.80. The van der Waals surface area contributed by atoms with Crippen LogP contribution in [0.15, 0.2) is 18.2 Å². The summed E-state index contributed by atoms with van der Waals surface area (Å²) in [5.74, 6) is 6.02. The van der Waals surface area contributed by atoms with Gasteiger partial charge in [-0.3, -0.25) is 20.8 Å². The average molecular weight is 296 g/mol. The van der Waals surface area contributed by atoms with Gasteiger partial charge >= 0.3 is 0 Å². The number of nitrogens with zero attached hydrogens (tertiary/aromatic N) is 2. The molecule has 0 saturated carbocycles. The molecule has 3 N–H and O–H groups in total. The van der Waals surface area contributed by atoms with E-state index in [4.69, 9.17) is 5.84 Å². The van der Waals surface area contributed by atoms with Crippen LogP contribution >= 0.6 is 11.8 Å². The molecule has 1 saturated heterocycles. The number of non-ortho nitro benzene ring substituents is 1. The van der Waals surface area contributed by atoms with Crippen LogP contribution in [-0.2, 0) is 0 Å². The summed E-state index contributed by atoms with van der Waals surface area (Å²) in [5, 5.41) is 11.2. The number of anilines is 1. The lowest BCUT2D eigenvalue weighted by atomic mass is 10.1. The molecule has 0 bridgehead atoms. The van der Waals surface area contributed by atoms with Crippen LogP contribution in [0.2, 0.25) is 0 Å². The van der Waals surface area contributed by atoms with Crippen molar-refractivity contribution in [2.45, 2.75) is 12.2 Å². The zero-order valence-corrected chi connectivity index (χ0v) is 11.9. The Morgan fingerprint density at radius 3 is 2.95 bits per heavy atom. The highest BCUT2D eigenvalue weighted by Gasteiger charge is 2.25. The minimum atomic E-state index is -0.522. The van der Waals surface area contributed by atoms with Gasteiger partial charge in [-0.05, 0) is 6.07 Å². The molecule has 1 aliphatic heterocycles. The second-order valence-electron chi connectivity index (χ2n) is 4.56. The number of hydrogen-bond donors (Lipinski definition) is 2. The van der Waals surface area contributed by atoms with E-state index in [0.29, 0.717) is 24.0 Å². The van der Waals surface area contributed by atoms with E-state index in [1.165, 1.54) is 18.2 Å². The van der Waals surface area contributed by atoms with Gasteiger partial charge in [0, 0.05) is 36.2 Å². The van der Waals surface area contributed by atoms with Gasteiger partial charge in [0.1, 0.15) is 0 Å². The quantitative estimate of drug-likeness (QED) is 0.497. The maximum atomic E-state index is 12.5. The van der Waals surface area contributed by atoms with E-state index in [1.807, 2.05) is 11.8 Å². The number of benzene rings is 1. The fourth-order valence-corrected chi connectivity index (χ4v) is 3.14. The van der Waals surface area contributed by atoms with E-state index in [-0.39, 0.29) is 17.2 Å². The molecule has 20 heavy (non-hydrogen) atoms. The maximum absolute atomic E-state index is 12.5. The number of rotatable bonds is 3. The van der Waals surface area contributed by atoms with Gasteiger partial charge < -0.3 is 10.3 Å². The number of amides is 1. The fourth-order valence-electron chi connectivity index (χ4n) is 2.12. The molecular formula is C12H16N4O3S. The predicted octanol–water partition coefficient (Wildman–Crippen LogP) is 1.46. The monoisotopic (exact) mass is 296 g/mol. The minimum absolute atomic E-state index is 0.119. The summed E-state index contributed by atoms with van der Waals surface area (Å²) in [6.45, 7) is 3.33. The number of hydrazine groups is 1. The second-order valence-corrected chi connectivity index (χ2v) is 6.11. The third-order valence-corrected chi connectivity index (χ3v) is 4.26. The van der Waals surface area contributed by atoms with Crippen molar-refractivity contribution in [2.75, 3.05) is 24.3 Å². The molecule has 8 heteroatoms. The smallest absolute Gasteiger partial charge is 0.270 e. The van der Waals surface area contributed by atoms with Crippen LogP contribution in [0.3, 0.4) is 0 Å². The zero-order valence-electron chi connectivity index (χ0n) is 11.0. The van der Waals surface area contributed by atoms with Gasteiger partial charge in [0.05, 0.1) is 16.2 Å². The largest absolute Gasteiger partial charge is 0.337 e. The third kappa shape index (κ3) is 3.02. The van der Waals surface area contributed by atoms with Crippen LogP contribution in [0, 0.1) is 10.1 Å². The number of nitro benzene ring substituents is 1. The van der Waals surface area contributed by atoms with Gasteiger partial charge in [-0.1, -0.05) is 6.92 Å². The first-order chi connectivity index (χ1) is 9.52. The molecule has 0 aliphatic carbocycles. The number of nitrogens with two attached hydrogens (primary N) is 1. The first-order valence-electron chi connectivity index (χ1n) is 6.19. The van der Waals surface area contributed by atoms with Crippen molar-refractivity contribution >= 4 is 29.0 Å². The molecule has 108 valence electrons. The minimum Gasteiger partial charge on any atom is -0.337 e. The first kappa shape index (κ1) is 14.6. The summed E-state index contributed by atoms with van der Waals surface area (Å²) in [6, 6.07) is 4.04. The van der Waals surface area contributed by atoms with Crippen LogP contribution in [0.1, 0.15) is 17.3 Å². The van der Waals surface area contributed by atoms with Crippen LogP contribution < -0.4 is 11.3 Å². The van der Waals surface area contributed by atoms with Gasteiger partial charge in [-0.2, -0.15) is 11.8 Å². The van der Waals surface area contributed by atoms with Crippen LogP contribution in [0.5, 0.6) is 0 Å². The fraction of sp³-hybridized carbons (Fsp3) is 0.417. The van der Waals surface area contributed by atoms with Crippen molar-refractivity contribution in [3.05, 3.63) is 33.9 Å². The van der Waals surface area contributed by atoms with Gasteiger partial charge in [-0.15, -0.1) is 0 Å². The zero-order chi connectivity index (χ0) is 14.7. The molecule has 0 aromatic heterocycles. The van der Waals surface area contributed by atoms with E-state index >= 15 is 0 Å². The molecule has 0 spiro atoms. The Kier molecular flexibility index (Phi) is 4.46. The summed E-state index contributed by atoms with van der Waals surface area (Å²) in [6.07, 6.45) is 0. The van der Waals surface area contributed by atoms with Gasteiger partial charge in [0.2, 0.25) is 0 Å². The summed E-state index contributed by atoms with van der Waals surface area (Å²) >= 11 is 1.81. The Morgan fingerprint density at radius 2 is 2.35 bits per heavy atom. The van der Waals surface area contributed by atoms with Crippen molar-refractivity contribution in [1.29, 1.82) is 0 Å². The first-order valence-corrected chi connectivity index (χ1v) is 7.23. The molecule has 7 nitrogen and oxygen atoms in total. The second kappa shape index (κ2) is 6.10. The van der Waals surface area contributed by atoms with E-state index in [1.54, 1.807) is 4.90 Å². The van der Waals surface area contributed by atoms with Crippen LogP contribution in [0.4, 0.5) is 11.4 Å². The number of nitro groups is 1. The lowest BCUT2D eigenvalue weighted by Crippen LogP contribution is -2.41. The average Bonchev–Trinajstić information content (AvgIpc) is 2.45. The summed E-state index contributed by atoms with van der Waals surface area (Å²) in [7, 11) is 0. The molecule has 2 rings (SSSR count). The SMILES string of the molecule is CC1CN(C(=O)c2cc([N+](=O)[O-])ccc2NN)CCS1. The lowest BCUT2D eigenvalue weighted by Gasteiger charge is -2.31. The van der Waals surface area contributed by atoms with Gasteiger partial charge in [0.15, 0.2) is 0 Å². The normalized spacial score (nSPS) is 18.7. The molecule has 1 amide bonds. The standard InChI is InChI=1S/C12H16N4O3S/c1-8-7-15(4-5-20-8)12(17)10-6-9(16(18)19)2-3-11(10)14-13/h2-3,6,8,14H,4-5,7,13H2,1H3. The summed E-state index contributed by atoms with van der Waals surface area (Å²) in [4.78, 5) is 24.5. The van der Waals surface area contributed by atoms with Crippen molar-refractivity contribution < 1.29 is 9.72 Å². The third-order valence-electron chi connectivity index (χ3n) is 3.13. The number of hydrogen-bond acceptors (Lipinski definition) is 6. The van der Waals surface area contributed by atoms with Crippen molar-refractivity contribution in [2.24, 2.45) is 5.84 Å². The number of nitrogen functional groups attached to an aromatic ring is 1. The molecule has 1 aliphatic rings. The molecule has 1 aromatic rings. The van der Waals surface area contributed by atoms with Crippen molar-refractivity contribution in [3.63, 3.8) is 0 Å². The number of nitrogens with one attached hydrogen (secondary N) is 1. The predicted molar refractivity (Wildman–Crippen MR) is 78.7 cm³/mol. The Morgan fingerprint density at radius 1 is 1.60 bits per heavy atom. The number of carbonyl (C=O) groups excluding carboxylic acids is 1. The molecule has 1 atom stereocenters. The lowest BCUT2D eigenvalue weighted by molar-refractivity contribution is -0.384. The van der Waals surface area contributed by atoms with Crippen LogP contribution in [0.25, 0.3) is 0 Å². The van der Waals surface area contributed by atoms with E-state index in [2.05, 4.69) is 12.3 Å². The molecule has 1 aromatic carbocycles. The highest BCUT2D eigenvalue weighted by atomic mass is 32.2. The summed E-state index contributed by atoms with van der Waals surface area (Å²) < 4.78 is 0. The van der Waals surface area contributed by atoms with Gasteiger partial charge in [-0.25, -0.2) is 0 Å². The van der Waals surface area contributed by atoms with E-state index in [9.17, 15) is 14.9 Å². The summed E-state index contributed by atoms with van der Waals surface area (Å²) in [5.41, 5.74) is 2.93. The highest BCUT2D eigenvalue weighted by molar-refractivity contribution is 7.99. The molecule has 1 heterocycles. The number of thioether (sulfide) groups is 1. The van der Waals surface area contributed by atoms with E-state index < -0.39 is 4.92 Å². The highest BCUT2D eigenvalue weighted by Crippen LogP contribution is 2.25. The Bertz CT molecular complexity index is 537. The van der Waals surface area contributed by atoms with Gasteiger partial charge in [0.25, 0.3) is 11.6 Å². The maximum Gasteiger partial charge on any atom is 0.270 e. The molecule has 1 unspecified atom stereocenters. The molecule has 0 radical (unpaired) electrons. The topological polar surface area (TPSA) is 102 Å². The van der Waals surface area contributed by atoms with Crippen molar-refractivity contribution in [1.82, 2.24) is 4.90 Å². The van der Waals surface area contributed by atoms with E-state index in [0.717, 1.165) is 5.75 Å². The van der Waals surface area contributed by atoms with Crippen molar-refractivity contribution in [3.8, 4) is 0 Å². The Balaban J connectivity index is 2.31. The molecule has 1 fully saturated rings. The Labute approximate surface area is 120 Å².